The maximum absolute atomic E-state index is 11.9. The number of carbonyl (C=O) groups is 1. The van der Waals surface area contributed by atoms with Gasteiger partial charge in [-0.25, -0.2) is 4.79 Å². The van der Waals surface area contributed by atoms with E-state index in [0.717, 1.165) is 18.4 Å². The van der Waals surface area contributed by atoms with E-state index in [0.29, 0.717) is 18.7 Å². The van der Waals surface area contributed by atoms with Crippen molar-refractivity contribution in [2.75, 3.05) is 7.05 Å². The van der Waals surface area contributed by atoms with Crippen LogP contribution in [0.3, 0.4) is 0 Å². The van der Waals surface area contributed by atoms with Crippen LogP contribution >= 0.6 is 0 Å². The molecule has 4 nitrogen and oxygen atoms in total. The molecule has 1 aromatic rings. The fraction of sp³-hybridized carbons (Fsp3) is 0.588. The second-order valence-electron chi connectivity index (χ2n) is 6.28. The number of piperidine rings is 2. The molecule has 2 aliphatic heterocycles. The van der Waals surface area contributed by atoms with Gasteiger partial charge in [-0.15, -0.1) is 0 Å². The Labute approximate surface area is 126 Å². The van der Waals surface area contributed by atoms with E-state index in [-0.39, 0.29) is 12.1 Å². The second-order valence-corrected chi connectivity index (χ2v) is 6.28. The molecule has 2 atom stereocenters. The maximum atomic E-state index is 11.9. The molecule has 2 aliphatic rings. The number of nitrogens with zero attached hydrogens (tertiary/aromatic N) is 1. The molecule has 2 unspecified atom stereocenters. The van der Waals surface area contributed by atoms with Gasteiger partial charge in [0.15, 0.2) is 0 Å². The molecule has 0 aliphatic carbocycles. The molecule has 4 heteroatoms. The van der Waals surface area contributed by atoms with Gasteiger partial charge in [0.25, 0.3) is 0 Å². The molecule has 0 saturated carbocycles. The predicted octanol–water partition coefficient (Wildman–Crippen LogP) is 2.93. The molecule has 2 bridgehead atoms. The number of ether oxygens (including phenoxy) is 1. The molecule has 1 aromatic carbocycles. The Morgan fingerprint density at radius 2 is 1.90 bits per heavy atom. The Morgan fingerprint density at radius 1 is 1.24 bits per heavy atom. The fourth-order valence-electron chi connectivity index (χ4n) is 3.67. The summed E-state index contributed by atoms with van der Waals surface area (Å²) in [6.45, 7) is 0.339. The summed E-state index contributed by atoms with van der Waals surface area (Å²) < 4.78 is 5.32. The zero-order chi connectivity index (χ0) is 14.7. The van der Waals surface area contributed by atoms with Gasteiger partial charge in [0.1, 0.15) is 6.61 Å². The Hall–Kier alpha value is -1.55. The number of hydrogen-bond donors (Lipinski definition) is 1. The van der Waals surface area contributed by atoms with Crippen LogP contribution in [-0.4, -0.2) is 36.2 Å². The molecular formula is C17H24N2O2. The van der Waals surface area contributed by atoms with E-state index in [2.05, 4.69) is 17.3 Å². The highest BCUT2D eigenvalue weighted by Gasteiger charge is 2.36. The number of amides is 1. The highest BCUT2D eigenvalue weighted by Crippen LogP contribution is 2.32. The highest BCUT2D eigenvalue weighted by atomic mass is 16.5. The number of carbonyl (C=O) groups excluding carboxylic acids is 1. The van der Waals surface area contributed by atoms with Gasteiger partial charge in [-0.05, 0) is 38.3 Å². The Balaban J connectivity index is 1.47. The first kappa shape index (κ1) is 14.4. The minimum atomic E-state index is -0.286. The molecule has 0 radical (unpaired) electrons. The van der Waals surface area contributed by atoms with Gasteiger partial charge >= 0.3 is 6.09 Å². The summed E-state index contributed by atoms with van der Waals surface area (Å²) in [6.07, 6.45) is 5.65. The predicted molar refractivity (Wildman–Crippen MR) is 82.0 cm³/mol. The third-order valence-corrected chi connectivity index (χ3v) is 4.87. The van der Waals surface area contributed by atoms with Crippen LogP contribution in [0.5, 0.6) is 0 Å². The summed E-state index contributed by atoms with van der Waals surface area (Å²) in [5.74, 6) is 0. The van der Waals surface area contributed by atoms with Crippen LogP contribution in [0.15, 0.2) is 30.3 Å². The number of benzene rings is 1. The van der Waals surface area contributed by atoms with Crippen LogP contribution in [0, 0.1) is 0 Å². The Bertz CT molecular complexity index is 463. The van der Waals surface area contributed by atoms with Crippen LogP contribution in [0.2, 0.25) is 0 Å². The topological polar surface area (TPSA) is 41.6 Å². The SMILES string of the molecule is CN1C2CCCC1CC(NC(=O)OCc1ccccc1)C2. The maximum Gasteiger partial charge on any atom is 0.407 e. The van der Waals surface area contributed by atoms with Crippen molar-refractivity contribution in [3.63, 3.8) is 0 Å². The van der Waals surface area contributed by atoms with E-state index in [1.165, 1.54) is 19.3 Å². The van der Waals surface area contributed by atoms with Crippen LogP contribution in [0.25, 0.3) is 0 Å². The van der Waals surface area contributed by atoms with E-state index < -0.39 is 0 Å². The molecule has 3 rings (SSSR count). The van der Waals surface area contributed by atoms with Crippen LogP contribution in [0.4, 0.5) is 4.79 Å². The second kappa shape index (κ2) is 6.48. The molecule has 1 N–H and O–H groups in total. The third kappa shape index (κ3) is 3.56. The summed E-state index contributed by atoms with van der Waals surface area (Å²) in [5, 5.41) is 3.05. The van der Waals surface area contributed by atoms with E-state index >= 15 is 0 Å². The Kier molecular flexibility index (Phi) is 4.44. The van der Waals surface area contributed by atoms with Crippen molar-refractivity contribution in [3.8, 4) is 0 Å². The molecule has 2 saturated heterocycles. The lowest BCUT2D eigenvalue weighted by atomic mass is 9.82. The number of alkyl carbamates (subject to hydrolysis) is 1. The Morgan fingerprint density at radius 3 is 2.57 bits per heavy atom. The summed E-state index contributed by atoms with van der Waals surface area (Å²) in [7, 11) is 2.22. The zero-order valence-electron chi connectivity index (χ0n) is 12.6. The van der Waals surface area contributed by atoms with Crippen molar-refractivity contribution >= 4 is 6.09 Å². The lowest BCUT2D eigenvalue weighted by Gasteiger charge is -2.47. The van der Waals surface area contributed by atoms with Gasteiger partial charge in [0, 0.05) is 18.1 Å². The van der Waals surface area contributed by atoms with Crippen LogP contribution in [-0.2, 0) is 11.3 Å². The summed E-state index contributed by atoms with van der Waals surface area (Å²) in [6, 6.07) is 11.3. The quantitative estimate of drug-likeness (QED) is 0.930. The van der Waals surface area contributed by atoms with Gasteiger partial charge in [-0.3, -0.25) is 0 Å². The summed E-state index contributed by atoms with van der Waals surface area (Å²) in [4.78, 5) is 14.4. The lowest BCUT2D eigenvalue weighted by Crippen LogP contribution is -2.55. The van der Waals surface area contributed by atoms with Crippen molar-refractivity contribution in [1.82, 2.24) is 10.2 Å². The van der Waals surface area contributed by atoms with E-state index in [1.54, 1.807) is 0 Å². The number of hydrogen-bond acceptors (Lipinski definition) is 3. The number of rotatable bonds is 3. The molecule has 0 aromatic heterocycles. The number of nitrogens with one attached hydrogen (secondary N) is 1. The van der Waals surface area contributed by atoms with E-state index in [1.807, 2.05) is 30.3 Å². The van der Waals surface area contributed by atoms with Crippen molar-refractivity contribution in [1.29, 1.82) is 0 Å². The minimum Gasteiger partial charge on any atom is -0.445 e. The van der Waals surface area contributed by atoms with Crippen molar-refractivity contribution in [2.24, 2.45) is 0 Å². The summed E-state index contributed by atoms with van der Waals surface area (Å²) >= 11 is 0. The highest BCUT2D eigenvalue weighted by molar-refractivity contribution is 5.67. The smallest absolute Gasteiger partial charge is 0.407 e. The third-order valence-electron chi connectivity index (χ3n) is 4.87. The van der Waals surface area contributed by atoms with E-state index in [4.69, 9.17) is 4.74 Å². The molecule has 2 fully saturated rings. The molecule has 2 heterocycles. The lowest BCUT2D eigenvalue weighted by molar-refractivity contribution is 0.0459. The zero-order valence-corrected chi connectivity index (χ0v) is 12.6. The molecule has 114 valence electrons. The van der Waals surface area contributed by atoms with Gasteiger partial charge in [-0.2, -0.15) is 0 Å². The van der Waals surface area contributed by atoms with Gasteiger partial charge in [0.2, 0.25) is 0 Å². The first-order valence-corrected chi connectivity index (χ1v) is 7.91. The first-order chi connectivity index (χ1) is 10.2. The normalized spacial score (nSPS) is 28.9. The first-order valence-electron chi connectivity index (χ1n) is 7.91. The molecule has 1 amide bonds. The number of fused-ring (bicyclic) bond motifs is 2. The summed E-state index contributed by atoms with van der Waals surface area (Å²) in [5.41, 5.74) is 1.02. The average Bonchev–Trinajstić information content (AvgIpc) is 2.47. The van der Waals surface area contributed by atoms with E-state index in [9.17, 15) is 4.79 Å². The molecule has 0 spiro atoms. The van der Waals surface area contributed by atoms with Crippen molar-refractivity contribution < 1.29 is 9.53 Å². The average molecular weight is 288 g/mol. The standard InChI is InChI=1S/C17H24N2O2/c1-19-15-8-5-9-16(19)11-14(10-15)18-17(20)21-12-13-6-3-2-4-7-13/h2-4,6-7,14-16H,5,8-12H2,1H3,(H,18,20). The fourth-order valence-corrected chi connectivity index (χ4v) is 3.67. The van der Waals surface area contributed by atoms with Crippen LogP contribution in [0.1, 0.15) is 37.7 Å². The van der Waals surface area contributed by atoms with Crippen molar-refractivity contribution in [3.05, 3.63) is 35.9 Å². The minimum absolute atomic E-state index is 0.264. The van der Waals surface area contributed by atoms with Gasteiger partial charge in [-0.1, -0.05) is 36.8 Å². The van der Waals surface area contributed by atoms with Gasteiger partial charge < -0.3 is 15.0 Å². The van der Waals surface area contributed by atoms with Gasteiger partial charge in [0.05, 0.1) is 0 Å². The molecular weight excluding hydrogens is 264 g/mol. The molecule has 21 heavy (non-hydrogen) atoms. The largest absolute Gasteiger partial charge is 0.445 e. The monoisotopic (exact) mass is 288 g/mol. The van der Waals surface area contributed by atoms with Crippen LogP contribution < -0.4 is 5.32 Å². The van der Waals surface area contributed by atoms with Crippen molar-refractivity contribution in [2.45, 2.75) is 56.8 Å².